The zero-order chi connectivity index (χ0) is 22.0. The van der Waals surface area contributed by atoms with Crippen molar-refractivity contribution < 1.29 is 9.53 Å². The lowest BCUT2D eigenvalue weighted by Gasteiger charge is -2.03. The van der Waals surface area contributed by atoms with Crippen LogP contribution in [0.5, 0.6) is 0 Å². The summed E-state index contributed by atoms with van der Waals surface area (Å²) in [5.41, 5.74) is 0. The van der Waals surface area contributed by atoms with E-state index in [0.29, 0.717) is 6.42 Å². The maximum absolute atomic E-state index is 11.0. The van der Waals surface area contributed by atoms with Gasteiger partial charge >= 0.3 is 5.97 Å². The number of carbonyl (C=O) groups excluding carboxylic acids is 1. The molecule has 0 aromatic rings. The molecule has 0 fully saturated rings. The van der Waals surface area contributed by atoms with Crippen LogP contribution < -0.4 is 0 Å². The zero-order valence-electron chi connectivity index (χ0n) is 20.7. The third-order valence-corrected chi connectivity index (χ3v) is 6.12. The molecular weight excluding hydrogens is 368 g/mol. The molecule has 2 heteroatoms. The molecule has 0 radical (unpaired) electrons. The van der Waals surface area contributed by atoms with Gasteiger partial charge in [-0.1, -0.05) is 128 Å². The SMILES string of the molecule is CCCCCCCC/C=C\CCCCCCCCCCCCCCCCC(=O)OC. The number of esters is 1. The van der Waals surface area contributed by atoms with Crippen molar-refractivity contribution in [1.82, 2.24) is 0 Å². The van der Waals surface area contributed by atoms with Crippen molar-refractivity contribution in [2.24, 2.45) is 0 Å². The van der Waals surface area contributed by atoms with E-state index >= 15 is 0 Å². The minimum absolute atomic E-state index is 0.0642. The highest BCUT2D eigenvalue weighted by atomic mass is 16.5. The van der Waals surface area contributed by atoms with Crippen LogP contribution in [0.2, 0.25) is 0 Å². The maximum atomic E-state index is 11.0. The standard InChI is InChI=1S/C28H54O2/c1-3-4-5-6-7-8-9-10-11-12-13-14-15-16-17-18-19-20-21-22-23-24-25-26-27-28(29)30-2/h10-11H,3-9,12-27H2,1-2H3/b11-10-. The second kappa shape index (κ2) is 26.2. The number of unbranched alkanes of at least 4 members (excludes halogenated alkanes) is 20. The van der Waals surface area contributed by atoms with E-state index in [2.05, 4.69) is 23.8 Å². The summed E-state index contributed by atoms with van der Waals surface area (Å²) in [5.74, 6) is -0.0642. The van der Waals surface area contributed by atoms with Gasteiger partial charge in [0.05, 0.1) is 7.11 Å². The monoisotopic (exact) mass is 422 g/mol. The molecule has 178 valence electrons. The number of carbonyl (C=O) groups is 1. The fourth-order valence-electron chi connectivity index (χ4n) is 4.03. The highest BCUT2D eigenvalue weighted by Gasteiger charge is 1.99. The van der Waals surface area contributed by atoms with Gasteiger partial charge in [-0.2, -0.15) is 0 Å². The average molecular weight is 423 g/mol. The van der Waals surface area contributed by atoms with Gasteiger partial charge in [-0.15, -0.1) is 0 Å². The van der Waals surface area contributed by atoms with Crippen LogP contribution in [0.25, 0.3) is 0 Å². The van der Waals surface area contributed by atoms with Gasteiger partial charge in [-0.3, -0.25) is 4.79 Å². The van der Waals surface area contributed by atoms with Crippen molar-refractivity contribution in [2.75, 3.05) is 7.11 Å². The fourth-order valence-corrected chi connectivity index (χ4v) is 4.03. The van der Waals surface area contributed by atoms with Gasteiger partial charge in [0, 0.05) is 6.42 Å². The maximum Gasteiger partial charge on any atom is 0.305 e. The van der Waals surface area contributed by atoms with E-state index in [1.807, 2.05) is 0 Å². The number of ether oxygens (including phenoxy) is 1. The topological polar surface area (TPSA) is 26.3 Å². The number of rotatable bonds is 24. The summed E-state index contributed by atoms with van der Waals surface area (Å²) in [7, 11) is 1.47. The van der Waals surface area contributed by atoms with Crippen molar-refractivity contribution in [3.8, 4) is 0 Å². The molecule has 0 rings (SSSR count). The van der Waals surface area contributed by atoms with E-state index in [1.165, 1.54) is 142 Å². The first-order chi connectivity index (χ1) is 14.8. The van der Waals surface area contributed by atoms with Gasteiger partial charge in [0.2, 0.25) is 0 Å². The lowest BCUT2D eigenvalue weighted by molar-refractivity contribution is -0.140. The Morgan fingerprint density at radius 2 is 0.867 bits per heavy atom. The molecular formula is C28H54O2. The molecule has 0 N–H and O–H groups in total. The molecule has 0 aromatic carbocycles. The number of methoxy groups -OCH3 is 1. The summed E-state index contributed by atoms with van der Waals surface area (Å²) in [6.45, 7) is 2.28. The molecule has 2 nitrogen and oxygen atoms in total. The van der Waals surface area contributed by atoms with Gasteiger partial charge in [0.1, 0.15) is 0 Å². The second-order valence-electron chi connectivity index (χ2n) is 9.09. The summed E-state index contributed by atoms with van der Waals surface area (Å²) >= 11 is 0. The van der Waals surface area contributed by atoms with Crippen LogP contribution in [-0.4, -0.2) is 13.1 Å². The van der Waals surface area contributed by atoms with Gasteiger partial charge in [-0.25, -0.2) is 0 Å². The second-order valence-corrected chi connectivity index (χ2v) is 9.09. The largest absolute Gasteiger partial charge is 0.469 e. The molecule has 0 aliphatic carbocycles. The van der Waals surface area contributed by atoms with Crippen molar-refractivity contribution in [3.05, 3.63) is 12.2 Å². The first kappa shape index (κ1) is 29.2. The Hall–Kier alpha value is -0.790. The number of hydrogen-bond acceptors (Lipinski definition) is 2. The molecule has 0 heterocycles. The first-order valence-electron chi connectivity index (χ1n) is 13.5. The number of allylic oxidation sites excluding steroid dienone is 2. The Bertz CT molecular complexity index is 362. The van der Waals surface area contributed by atoms with Crippen LogP contribution >= 0.6 is 0 Å². The Morgan fingerprint density at radius 1 is 0.533 bits per heavy atom. The molecule has 0 aliphatic rings. The summed E-state index contributed by atoms with van der Waals surface area (Å²) in [4.78, 5) is 11.0. The molecule has 0 saturated carbocycles. The van der Waals surface area contributed by atoms with Gasteiger partial charge in [0.15, 0.2) is 0 Å². The van der Waals surface area contributed by atoms with Crippen LogP contribution in [-0.2, 0) is 9.53 Å². The Balaban J connectivity index is 3.08. The quantitative estimate of drug-likeness (QED) is 0.0878. The normalized spacial score (nSPS) is 11.4. The number of hydrogen-bond donors (Lipinski definition) is 0. The molecule has 0 aromatic heterocycles. The first-order valence-corrected chi connectivity index (χ1v) is 13.5. The predicted octanol–water partition coefficient (Wildman–Crippen LogP) is 9.71. The third-order valence-electron chi connectivity index (χ3n) is 6.12. The fraction of sp³-hybridized carbons (Fsp3) is 0.893. The van der Waals surface area contributed by atoms with Crippen LogP contribution in [0, 0.1) is 0 Å². The van der Waals surface area contributed by atoms with Crippen molar-refractivity contribution in [2.45, 2.75) is 155 Å². The van der Waals surface area contributed by atoms with E-state index in [1.54, 1.807) is 0 Å². The summed E-state index contributed by atoms with van der Waals surface area (Å²) in [5, 5.41) is 0. The zero-order valence-corrected chi connectivity index (χ0v) is 20.7. The molecule has 0 atom stereocenters. The van der Waals surface area contributed by atoms with Crippen LogP contribution in [0.15, 0.2) is 12.2 Å². The predicted molar refractivity (Wildman–Crippen MR) is 133 cm³/mol. The van der Waals surface area contributed by atoms with Gasteiger partial charge < -0.3 is 4.74 Å². The molecule has 0 bridgehead atoms. The lowest BCUT2D eigenvalue weighted by atomic mass is 10.0. The Labute approximate surface area is 189 Å². The molecule has 0 saturated heterocycles. The van der Waals surface area contributed by atoms with E-state index in [-0.39, 0.29) is 5.97 Å². The molecule has 0 amide bonds. The highest BCUT2D eigenvalue weighted by Crippen LogP contribution is 2.14. The van der Waals surface area contributed by atoms with E-state index in [0.717, 1.165) is 6.42 Å². The van der Waals surface area contributed by atoms with E-state index < -0.39 is 0 Å². The van der Waals surface area contributed by atoms with Crippen molar-refractivity contribution in [3.63, 3.8) is 0 Å². The smallest absolute Gasteiger partial charge is 0.305 e. The molecule has 0 aliphatic heterocycles. The Kier molecular flexibility index (Phi) is 25.6. The van der Waals surface area contributed by atoms with E-state index in [4.69, 9.17) is 0 Å². The van der Waals surface area contributed by atoms with E-state index in [9.17, 15) is 4.79 Å². The summed E-state index contributed by atoms with van der Waals surface area (Å²) < 4.78 is 4.66. The molecule has 0 spiro atoms. The average Bonchev–Trinajstić information content (AvgIpc) is 2.76. The summed E-state index contributed by atoms with van der Waals surface area (Å²) in [6.07, 6.45) is 35.3. The van der Waals surface area contributed by atoms with Gasteiger partial charge in [-0.05, 0) is 32.1 Å². The van der Waals surface area contributed by atoms with Crippen LogP contribution in [0.4, 0.5) is 0 Å². The van der Waals surface area contributed by atoms with Crippen LogP contribution in [0.1, 0.15) is 155 Å². The minimum atomic E-state index is -0.0642. The molecule has 0 unspecified atom stereocenters. The third kappa shape index (κ3) is 25.2. The van der Waals surface area contributed by atoms with Crippen molar-refractivity contribution in [1.29, 1.82) is 0 Å². The summed E-state index contributed by atoms with van der Waals surface area (Å²) in [6, 6.07) is 0. The highest BCUT2D eigenvalue weighted by molar-refractivity contribution is 5.68. The van der Waals surface area contributed by atoms with Gasteiger partial charge in [0.25, 0.3) is 0 Å². The Morgan fingerprint density at radius 3 is 1.23 bits per heavy atom. The minimum Gasteiger partial charge on any atom is -0.469 e. The lowest BCUT2D eigenvalue weighted by Crippen LogP contribution is -1.99. The molecule has 30 heavy (non-hydrogen) atoms. The van der Waals surface area contributed by atoms with Crippen LogP contribution in [0.3, 0.4) is 0 Å². The van der Waals surface area contributed by atoms with Crippen molar-refractivity contribution >= 4 is 5.97 Å².